The second-order valence-electron chi connectivity index (χ2n) is 3.43. The van der Waals surface area contributed by atoms with E-state index < -0.39 is 12.6 Å². The number of hydrogen-bond donors (Lipinski definition) is 1. The minimum atomic E-state index is -0.947. The van der Waals surface area contributed by atoms with Crippen LogP contribution in [0, 0.1) is 3.57 Å². The first-order valence-corrected chi connectivity index (χ1v) is 5.79. The zero-order valence-electron chi connectivity index (χ0n) is 8.47. The van der Waals surface area contributed by atoms with Crippen LogP contribution in [-0.4, -0.2) is 18.6 Å². The molecular weight excluding hydrogens is 308 g/mol. The van der Waals surface area contributed by atoms with Gasteiger partial charge in [0.1, 0.15) is 0 Å². The van der Waals surface area contributed by atoms with Gasteiger partial charge in [0, 0.05) is 9.61 Å². The van der Waals surface area contributed by atoms with E-state index in [1.165, 1.54) is 3.57 Å². The third-order valence-electron chi connectivity index (χ3n) is 1.98. The quantitative estimate of drug-likeness (QED) is 0.847. The summed E-state index contributed by atoms with van der Waals surface area (Å²) in [6, 6.07) is 8.02. The highest BCUT2D eigenvalue weighted by atomic mass is 127. The highest BCUT2D eigenvalue weighted by molar-refractivity contribution is 14.1. The van der Waals surface area contributed by atoms with Gasteiger partial charge in [0.25, 0.3) is 5.91 Å². The molecule has 0 aliphatic rings. The first-order chi connectivity index (χ1) is 7.11. The molecule has 0 bridgehead atoms. The van der Waals surface area contributed by atoms with Crippen molar-refractivity contribution in [2.24, 2.45) is 0 Å². The van der Waals surface area contributed by atoms with Crippen molar-refractivity contribution in [2.75, 3.05) is 6.67 Å². The van der Waals surface area contributed by atoms with Crippen molar-refractivity contribution in [3.63, 3.8) is 0 Å². The molecule has 1 aromatic carbocycles. The minimum Gasteiger partial charge on any atom is -0.351 e. The lowest BCUT2D eigenvalue weighted by Crippen LogP contribution is -2.35. The van der Waals surface area contributed by atoms with Gasteiger partial charge in [-0.05, 0) is 53.6 Å². The molecule has 0 fully saturated rings. The SMILES string of the molecule is C[C@H](Cc1ccc(I)cc1)NC(=O)CF. The van der Waals surface area contributed by atoms with Crippen molar-refractivity contribution in [3.05, 3.63) is 33.4 Å². The van der Waals surface area contributed by atoms with Gasteiger partial charge in [0.05, 0.1) is 0 Å². The van der Waals surface area contributed by atoms with Crippen LogP contribution in [-0.2, 0) is 11.2 Å². The molecule has 0 heterocycles. The molecule has 82 valence electrons. The standard InChI is InChI=1S/C11H13FINO/c1-8(14-11(15)7-12)6-9-2-4-10(13)5-3-9/h2-5,8H,6-7H2,1H3,(H,14,15)/t8-/m1/s1. The van der Waals surface area contributed by atoms with E-state index in [-0.39, 0.29) is 6.04 Å². The van der Waals surface area contributed by atoms with Crippen molar-refractivity contribution in [1.82, 2.24) is 5.32 Å². The number of rotatable bonds is 4. The summed E-state index contributed by atoms with van der Waals surface area (Å²) in [5, 5.41) is 2.58. The molecule has 0 saturated carbocycles. The number of alkyl halides is 1. The van der Waals surface area contributed by atoms with E-state index in [9.17, 15) is 9.18 Å². The van der Waals surface area contributed by atoms with E-state index in [0.717, 1.165) is 12.0 Å². The average Bonchev–Trinajstić information content (AvgIpc) is 2.21. The Hall–Kier alpha value is -0.650. The number of halogens is 2. The van der Waals surface area contributed by atoms with Crippen molar-refractivity contribution in [1.29, 1.82) is 0 Å². The van der Waals surface area contributed by atoms with Crippen molar-refractivity contribution in [2.45, 2.75) is 19.4 Å². The predicted molar refractivity (Wildman–Crippen MR) is 66.4 cm³/mol. The highest BCUT2D eigenvalue weighted by Gasteiger charge is 2.07. The Morgan fingerprint density at radius 3 is 2.60 bits per heavy atom. The van der Waals surface area contributed by atoms with Gasteiger partial charge in [-0.15, -0.1) is 0 Å². The van der Waals surface area contributed by atoms with Crippen LogP contribution in [0.1, 0.15) is 12.5 Å². The summed E-state index contributed by atoms with van der Waals surface area (Å²) in [6.45, 7) is 0.919. The summed E-state index contributed by atoms with van der Waals surface area (Å²) < 4.78 is 13.1. The Kier molecular flexibility index (Phi) is 5.01. The third kappa shape index (κ3) is 4.59. The maximum Gasteiger partial charge on any atom is 0.251 e. The second-order valence-corrected chi connectivity index (χ2v) is 4.68. The smallest absolute Gasteiger partial charge is 0.251 e. The maximum absolute atomic E-state index is 11.9. The maximum atomic E-state index is 11.9. The lowest BCUT2D eigenvalue weighted by atomic mass is 10.1. The first kappa shape index (κ1) is 12.4. The normalized spacial score (nSPS) is 12.2. The number of benzene rings is 1. The monoisotopic (exact) mass is 321 g/mol. The zero-order valence-corrected chi connectivity index (χ0v) is 10.6. The van der Waals surface area contributed by atoms with Gasteiger partial charge < -0.3 is 5.32 Å². The van der Waals surface area contributed by atoms with Crippen LogP contribution in [0.15, 0.2) is 24.3 Å². The number of hydrogen-bond acceptors (Lipinski definition) is 1. The van der Waals surface area contributed by atoms with Gasteiger partial charge in [-0.3, -0.25) is 4.79 Å². The van der Waals surface area contributed by atoms with E-state index in [1.54, 1.807) is 0 Å². The summed E-state index contributed by atoms with van der Waals surface area (Å²) in [6.07, 6.45) is 0.725. The van der Waals surface area contributed by atoms with Gasteiger partial charge >= 0.3 is 0 Å². The molecule has 0 saturated heterocycles. The van der Waals surface area contributed by atoms with E-state index in [4.69, 9.17) is 0 Å². The minimum absolute atomic E-state index is 0.0340. The molecule has 1 amide bonds. The summed E-state index contributed by atoms with van der Waals surface area (Å²) in [5.74, 6) is -0.548. The fraction of sp³-hybridized carbons (Fsp3) is 0.364. The summed E-state index contributed by atoms with van der Waals surface area (Å²) in [7, 11) is 0. The molecule has 0 radical (unpaired) electrons. The molecule has 0 aliphatic carbocycles. The lowest BCUT2D eigenvalue weighted by Gasteiger charge is -2.12. The molecule has 1 atom stereocenters. The van der Waals surface area contributed by atoms with Gasteiger partial charge in [-0.2, -0.15) is 0 Å². The number of amides is 1. The molecule has 2 nitrogen and oxygen atoms in total. The Morgan fingerprint density at radius 1 is 1.47 bits per heavy atom. The van der Waals surface area contributed by atoms with Crippen LogP contribution in [0.25, 0.3) is 0 Å². The molecule has 0 spiro atoms. The lowest BCUT2D eigenvalue weighted by molar-refractivity contribution is -0.122. The van der Waals surface area contributed by atoms with Crippen LogP contribution in [0.4, 0.5) is 4.39 Å². The third-order valence-corrected chi connectivity index (χ3v) is 2.70. The second kappa shape index (κ2) is 6.05. The zero-order chi connectivity index (χ0) is 11.3. The van der Waals surface area contributed by atoms with E-state index in [1.807, 2.05) is 31.2 Å². The topological polar surface area (TPSA) is 29.1 Å². The number of carbonyl (C=O) groups is 1. The molecule has 0 aliphatic heterocycles. The van der Waals surface area contributed by atoms with E-state index in [0.29, 0.717) is 0 Å². The highest BCUT2D eigenvalue weighted by Crippen LogP contribution is 2.08. The molecular formula is C11H13FINO. The van der Waals surface area contributed by atoms with E-state index in [2.05, 4.69) is 27.9 Å². The van der Waals surface area contributed by atoms with Gasteiger partial charge in [0.15, 0.2) is 6.67 Å². The summed E-state index contributed by atoms with van der Waals surface area (Å²) in [4.78, 5) is 10.8. The Morgan fingerprint density at radius 2 is 2.07 bits per heavy atom. The number of nitrogens with one attached hydrogen (secondary N) is 1. The largest absolute Gasteiger partial charge is 0.351 e. The molecule has 0 aromatic heterocycles. The Bertz CT molecular complexity index is 326. The fourth-order valence-corrected chi connectivity index (χ4v) is 1.70. The van der Waals surface area contributed by atoms with Gasteiger partial charge in [0.2, 0.25) is 0 Å². The van der Waals surface area contributed by atoms with Crippen molar-refractivity contribution >= 4 is 28.5 Å². The van der Waals surface area contributed by atoms with Crippen molar-refractivity contribution < 1.29 is 9.18 Å². The fourth-order valence-electron chi connectivity index (χ4n) is 1.34. The van der Waals surface area contributed by atoms with Crippen LogP contribution >= 0.6 is 22.6 Å². The van der Waals surface area contributed by atoms with Crippen LogP contribution in [0.2, 0.25) is 0 Å². The Labute approximate surface area is 102 Å². The van der Waals surface area contributed by atoms with Gasteiger partial charge in [-0.25, -0.2) is 4.39 Å². The molecule has 0 unspecified atom stereocenters. The number of carbonyl (C=O) groups excluding carboxylic acids is 1. The summed E-state index contributed by atoms with van der Waals surface area (Å²) >= 11 is 2.24. The Balaban J connectivity index is 2.47. The predicted octanol–water partition coefficient (Wildman–Crippen LogP) is 2.31. The van der Waals surface area contributed by atoms with Crippen LogP contribution in [0.3, 0.4) is 0 Å². The van der Waals surface area contributed by atoms with Crippen LogP contribution in [0.5, 0.6) is 0 Å². The van der Waals surface area contributed by atoms with Crippen molar-refractivity contribution in [3.8, 4) is 0 Å². The van der Waals surface area contributed by atoms with E-state index >= 15 is 0 Å². The molecule has 4 heteroatoms. The molecule has 15 heavy (non-hydrogen) atoms. The first-order valence-electron chi connectivity index (χ1n) is 4.71. The van der Waals surface area contributed by atoms with Crippen LogP contribution < -0.4 is 5.32 Å². The summed E-state index contributed by atoms with van der Waals surface area (Å²) in [5.41, 5.74) is 1.14. The average molecular weight is 321 g/mol. The molecule has 1 N–H and O–H groups in total. The van der Waals surface area contributed by atoms with Gasteiger partial charge in [-0.1, -0.05) is 12.1 Å². The molecule has 1 aromatic rings. The molecule has 1 rings (SSSR count).